The van der Waals surface area contributed by atoms with E-state index in [1.165, 1.54) is 6.07 Å². The Morgan fingerprint density at radius 3 is 2.79 bits per heavy atom. The van der Waals surface area contributed by atoms with Crippen LogP contribution in [0.15, 0.2) is 42.5 Å². The molecule has 0 aliphatic heterocycles. The molecule has 0 heterocycles. The zero-order chi connectivity index (χ0) is 13.8. The first-order valence-corrected chi connectivity index (χ1v) is 5.74. The third-order valence-corrected chi connectivity index (χ3v) is 2.66. The van der Waals surface area contributed by atoms with Crippen LogP contribution in [0.2, 0.25) is 0 Å². The number of hydrogen-bond acceptors (Lipinski definition) is 1. The number of terminal acetylenes is 1. The Morgan fingerprint density at radius 2 is 2.05 bits per heavy atom. The minimum atomic E-state index is -0.466. The Balaban J connectivity index is 2.26. The molecule has 0 radical (unpaired) electrons. The molecule has 0 unspecified atom stereocenters. The van der Waals surface area contributed by atoms with Crippen LogP contribution in [-0.4, -0.2) is 5.91 Å². The molecule has 0 spiro atoms. The van der Waals surface area contributed by atoms with Gasteiger partial charge in [0.1, 0.15) is 5.82 Å². The van der Waals surface area contributed by atoms with E-state index < -0.39 is 5.82 Å². The molecule has 0 atom stereocenters. The summed E-state index contributed by atoms with van der Waals surface area (Å²) in [4.78, 5) is 12.0. The molecular weight excluding hydrogens is 241 g/mol. The molecule has 0 aliphatic rings. The highest BCUT2D eigenvalue weighted by molar-refractivity contribution is 6.04. The van der Waals surface area contributed by atoms with Crippen LogP contribution < -0.4 is 5.32 Å². The number of aryl methyl sites for hydroxylation is 1. The molecule has 1 N–H and O–H groups in total. The first-order chi connectivity index (χ1) is 9.10. The van der Waals surface area contributed by atoms with Gasteiger partial charge in [0.15, 0.2) is 0 Å². The van der Waals surface area contributed by atoms with Gasteiger partial charge in [0, 0.05) is 11.1 Å². The number of amides is 1. The van der Waals surface area contributed by atoms with Crippen LogP contribution in [0.4, 0.5) is 10.1 Å². The van der Waals surface area contributed by atoms with Gasteiger partial charge in [0.05, 0.1) is 5.69 Å². The summed E-state index contributed by atoms with van der Waals surface area (Å²) in [5.74, 6) is 1.60. The number of carbonyl (C=O) groups excluding carboxylic acids is 1. The zero-order valence-electron chi connectivity index (χ0n) is 10.4. The molecule has 19 heavy (non-hydrogen) atoms. The van der Waals surface area contributed by atoms with Crippen LogP contribution in [0.25, 0.3) is 0 Å². The van der Waals surface area contributed by atoms with Crippen molar-refractivity contribution >= 4 is 11.6 Å². The van der Waals surface area contributed by atoms with Crippen LogP contribution in [0.3, 0.4) is 0 Å². The van der Waals surface area contributed by atoms with E-state index in [9.17, 15) is 9.18 Å². The predicted molar refractivity (Wildman–Crippen MR) is 73.5 cm³/mol. The molecule has 0 aromatic heterocycles. The van der Waals surface area contributed by atoms with Gasteiger partial charge < -0.3 is 5.32 Å². The average molecular weight is 253 g/mol. The molecule has 0 saturated carbocycles. The normalized spacial score (nSPS) is 9.74. The van der Waals surface area contributed by atoms with Crippen molar-refractivity contribution in [2.75, 3.05) is 5.32 Å². The first-order valence-electron chi connectivity index (χ1n) is 5.74. The van der Waals surface area contributed by atoms with Gasteiger partial charge in [-0.15, -0.1) is 6.42 Å². The lowest BCUT2D eigenvalue weighted by Gasteiger charge is -2.07. The van der Waals surface area contributed by atoms with Gasteiger partial charge in [0.2, 0.25) is 0 Å². The van der Waals surface area contributed by atoms with E-state index in [0.717, 1.165) is 5.56 Å². The van der Waals surface area contributed by atoms with E-state index >= 15 is 0 Å². The van der Waals surface area contributed by atoms with E-state index in [2.05, 4.69) is 11.2 Å². The Kier molecular flexibility index (Phi) is 3.63. The van der Waals surface area contributed by atoms with Gasteiger partial charge in [-0.25, -0.2) is 4.39 Å². The summed E-state index contributed by atoms with van der Waals surface area (Å²) in [6.45, 7) is 1.83. The fourth-order valence-corrected chi connectivity index (χ4v) is 1.68. The maximum atomic E-state index is 13.5. The largest absolute Gasteiger partial charge is 0.319 e. The lowest BCUT2D eigenvalue weighted by atomic mass is 10.1. The SMILES string of the molecule is C#Cc1cccc(C(=O)Nc2cc(C)ccc2F)c1. The first kappa shape index (κ1) is 12.8. The van der Waals surface area contributed by atoms with Gasteiger partial charge in [0.25, 0.3) is 5.91 Å². The van der Waals surface area contributed by atoms with Crippen LogP contribution in [0, 0.1) is 25.1 Å². The van der Waals surface area contributed by atoms with Crippen molar-refractivity contribution in [3.05, 3.63) is 65.0 Å². The molecule has 0 aliphatic carbocycles. The number of rotatable bonds is 2. The molecule has 0 saturated heterocycles. The van der Waals surface area contributed by atoms with Gasteiger partial charge >= 0.3 is 0 Å². The summed E-state index contributed by atoms with van der Waals surface area (Å²) in [6.07, 6.45) is 5.27. The van der Waals surface area contributed by atoms with E-state index in [1.54, 1.807) is 36.4 Å². The standard InChI is InChI=1S/C16H12FNO/c1-3-12-5-4-6-13(10-12)16(19)18-15-9-11(2)7-8-14(15)17/h1,4-10H,2H3,(H,18,19). The third kappa shape index (κ3) is 2.99. The van der Waals surface area contributed by atoms with Crippen molar-refractivity contribution in [2.24, 2.45) is 0 Å². The maximum absolute atomic E-state index is 13.5. The van der Waals surface area contributed by atoms with E-state index in [4.69, 9.17) is 6.42 Å². The summed E-state index contributed by atoms with van der Waals surface area (Å²) in [5, 5.41) is 2.54. The molecule has 2 aromatic carbocycles. The minimum absolute atomic E-state index is 0.163. The fourth-order valence-electron chi connectivity index (χ4n) is 1.68. The fraction of sp³-hybridized carbons (Fsp3) is 0.0625. The molecule has 94 valence electrons. The molecular formula is C16H12FNO. The number of anilines is 1. The minimum Gasteiger partial charge on any atom is -0.319 e. The van der Waals surface area contributed by atoms with Crippen LogP contribution >= 0.6 is 0 Å². The zero-order valence-corrected chi connectivity index (χ0v) is 10.4. The molecule has 2 nitrogen and oxygen atoms in total. The second kappa shape index (κ2) is 5.36. The lowest BCUT2D eigenvalue weighted by molar-refractivity contribution is 0.102. The highest BCUT2D eigenvalue weighted by Crippen LogP contribution is 2.17. The number of nitrogens with one attached hydrogen (secondary N) is 1. The number of halogens is 1. The Morgan fingerprint density at radius 1 is 1.26 bits per heavy atom. The van der Waals surface area contributed by atoms with Crippen molar-refractivity contribution in [1.82, 2.24) is 0 Å². The van der Waals surface area contributed by atoms with E-state index in [-0.39, 0.29) is 11.6 Å². The Hall–Kier alpha value is -2.60. The van der Waals surface area contributed by atoms with Gasteiger partial charge in [-0.2, -0.15) is 0 Å². The van der Waals surface area contributed by atoms with E-state index in [1.807, 2.05) is 6.92 Å². The second-order valence-corrected chi connectivity index (χ2v) is 4.16. The predicted octanol–water partition coefficient (Wildman–Crippen LogP) is 3.37. The van der Waals surface area contributed by atoms with Crippen LogP contribution in [0.5, 0.6) is 0 Å². The van der Waals surface area contributed by atoms with Crippen molar-refractivity contribution < 1.29 is 9.18 Å². The molecule has 0 bridgehead atoms. The summed E-state index contributed by atoms with van der Waals surface area (Å²) >= 11 is 0. The topological polar surface area (TPSA) is 29.1 Å². The second-order valence-electron chi connectivity index (χ2n) is 4.16. The van der Waals surface area contributed by atoms with Crippen LogP contribution in [-0.2, 0) is 0 Å². The molecule has 2 rings (SSSR count). The molecule has 3 heteroatoms. The van der Waals surface area contributed by atoms with Crippen molar-refractivity contribution in [2.45, 2.75) is 6.92 Å². The number of carbonyl (C=O) groups is 1. The van der Waals surface area contributed by atoms with Gasteiger partial charge in [-0.1, -0.05) is 18.1 Å². The van der Waals surface area contributed by atoms with Crippen molar-refractivity contribution in [3.63, 3.8) is 0 Å². The lowest BCUT2D eigenvalue weighted by Crippen LogP contribution is -2.13. The number of hydrogen-bond donors (Lipinski definition) is 1. The molecule has 1 amide bonds. The van der Waals surface area contributed by atoms with Crippen molar-refractivity contribution in [1.29, 1.82) is 0 Å². The third-order valence-electron chi connectivity index (χ3n) is 2.66. The molecule has 0 fully saturated rings. The monoisotopic (exact) mass is 253 g/mol. The maximum Gasteiger partial charge on any atom is 0.255 e. The summed E-state index contributed by atoms with van der Waals surface area (Å²) in [7, 11) is 0. The summed E-state index contributed by atoms with van der Waals surface area (Å²) in [5.41, 5.74) is 2.04. The average Bonchev–Trinajstić information content (AvgIpc) is 2.43. The Labute approximate surface area is 111 Å². The quantitative estimate of drug-likeness (QED) is 0.817. The smallest absolute Gasteiger partial charge is 0.255 e. The molecule has 2 aromatic rings. The van der Waals surface area contributed by atoms with Gasteiger partial charge in [-0.3, -0.25) is 4.79 Å². The summed E-state index contributed by atoms with van der Waals surface area (Å²) in [6, 6.07) is 11.2. The van der Waals surface area contributed by atoms with E-state index in [0.29, 0.717) is 11.1 Å². The summed E-state index contributed by atoms with van der Waals surface area (Å²) < 4.78 is 13.5. The Bertz CT molecular complexity index is 671. The van der Waals surface area contributed by atoms with Crippen molar-refractivity contribution in [3.8, 4) is 12.3 Å². The number of benzene rings is 2. The van der Waals surface area contributed by atoms with Crippen LogP contribution in [0.1, 0.15) is 21.5 Å². The highest BCUT2D eigenvalue weighted by atomic mass is 19.1. The van der Waals surface area contributed by atoms with Gasteiger partial charge in [-0.05, 0) is 42.8 Å². The highest BCUT2D eigenvalue weighted by Gasteiger charge is 2.09.